The molecule has 6 saturated carbocycles. The Bertz CT molecular complexity index is 1200. The number of alkyl halides is 2. The third-order valence-corrected chi connectivity index (χ3v) is 10.5. The van der Waals surface area contributed by atoms with E-state index in [1.807, 2.05) is 0 Å². The van der Waals surface area contributed by atoms with Gasteiger partial charge in [0.15, 0.2) is 6.10 Å². The molecule has 8 rings (SSSR count). The van der Waals surface area contributed by atoms with Crippen LogP contribution in [0.2, 0.25) is 0 Å². The van der Waals surface area contributed by atoms with Crippen LogP contribution in [0.3, 0.4) is 0 Å². The molecule has 7 aliphatic rings. The number of carboxylic acids is 1. The molecule has 1 aromatic rings. The van der Waals surface area contributed by atoms with Crippen LogP contribution in [0.15, 0.2) is 30.3 Å². The summed E-state index contributed by atoms with van der Waals surface area (Å²) in [4.78, 5) is 51.2. The number of esters is 3. The van der Waals surface area contributed by atoms with E-state index in [2.05, 4.69) is 0 Å². The molecule has 0 amide bonds. The number of ether oxygens (including phenoxy) is 3. The highest BCUT2D eigenvalue weighted by molar-refractivity contribution is 5.87. The van der Waals surface area contributed by atoms with Crippen LogP contribution in [-0.4, -0.2) is 42.0 Å². The van der Waals surface area contributed by atoms with E-state index in [4.69, 9.17) is 14.2 Å². The average molecular weight is 544 g/mol. The number of fused-ring (bicyclic) bond motifs is 1. The lowest BCUT2D eigenvalue weighted by atomic mass is 9.49. The maximum Gasteiger partial charge on any atom is 0.327 e. The molecule has 6 aliphatic carbocycles. The molecule has 8 nitrogen and oxygen atoms in total. The molecule has 1 aromatic carbocycles. The Labute approximate surface area is 223 Å². The minimum Gasteiger partial charge on any atom is -0.544 e. The zero-order valence-electron chi connectivity index (χ0n) is 21.1. The number of hydrogen-bond acceptors (Lipinski definition) is 8. The van der Waals surface area contributed by atoms with Crippen LogP contribution in [0.1, 0.15) is 56.6 Å². The van der Waals surface area contributed by atoms with Crippen molar-refractivity contribution in [3.8, 4) is 0 Å². The van der Waals surface area contributed by atoms with E-state index in [9.17, 15) is 33.1 Å². The van der Waals surface area contributed by atoms with Crippen molar-refractivity contribution in [1.29, 1.82) is 0 Å². The molecule has 0 spiro atoms. The zero-order chi connectivity index (χ0) is 27.3. The smallest absolute Gasteiger partial charge is 0.327 e. The molecular formula is C29H29F2O8-. The molecule has 208 valence electrons. The van der Waals surface area contributed by atoms with Gasteiger partial charge in [-0.15, -0.1) is 0 Å². The summed E-state index contributed by atoms with van der Waals surface area (Å²) in [6.07, 6.45) is 2.16. The number of carboxylic acid groups (broad SMARTS) is 1. The van der Waals surface area contributed by atoms with Crippen molar-refractivity contribution < 1.29 is 47.3 Å². The van der Waals surface area contributed by atoms with Gasteiger partial charge < -0.3 is 24.1 Å². The fourth-order valence-corrected chi connectivity index (χ4v) is 9.36. The second-order valence-electron chi connectivity index (χ2n) is 12.7. The van der Waals surface area contributed by atoms with E-state index in [-0.39, 0.29) is 11.5 Å². The molecule has 39 heavy (non-hydrogen) atoms. The van der Waals surface area contributed by atoms with E-state index in [1.165, 1.54) is 24.3 Å². The van der Waals surface area contributed by atoms with Crippen LogP contribution < -0.4 is 5.11 Å². The molecule has 1 saturated heterocycles. The number of hydrogen-bond donors (Lipinski definition) is 0. The first-order valence-electron chi connectivity index (χ1n) is 13.8. The molecule has 0 N–H and O–H groups in total. The van der Waals surface area contributed by atoms with Crippen LogP contribution in [0, 0.1) is 46.8 Å². The first kappa shape index (κ1) is 25.0. The standard InChI is InChI=1S/C29H30F2O8/c30-29(31,26(34)35)23(16-4-2-1-3-5-16)39-25(33)20-18-9-17-19(20)24(32)37-21(17)22(18)38-27(36)28-10-13-6-14(11-28)8-15(7-13)12-28/h1-5,13-15,17-23H,6-12H2,(H,34,35)/p-1. The van der Waals surface area contributed by atoms with Crippen LogP contribution in [0.25, 0.3) is 0 Å². The van der Waals surface area contributed by atoms with Crippen LogP contribution in [0.4, 0.5) is 8.78 Å². The van der Waals surface area contributed by atoms with Gasteiger partial charge in [0, 0.05) is 11.8 Å². The summed E-state index contributed by atoms with van der Waals surface area (Å²) >= 11 is 0. The van der Waals surface area contributed by atoms with Gasteiger partial charge in [0.1, 0.15) is 18.2 Å². The van der Waals surface area contributed by atoms with Crippen LogP contribution in [-0.2, 0) is 33.4 Å². The van der Waals surface area contributed by atoms with Gasteiger partial charge in [-0.25, -0.2) is 0 Å². The molecule has 1 aliphatic heterocycles. The molecule has 10 heteroatoms. The first-order valence-corrected chi connectivity index (χ1v) is 13.8. The highest BCUT2D eigenvalue weighted by Gasteiger charge is 2.71. The number of carbonyl (C=O) groups excluding carboxylic acids is 4. The quantitative estimate of drug-likeness (QED) is 0.380. The predicted octanol–water partition coefficient (Wildman–Crippen LogP) is 2.59. The molecular weight excluding hydrogens is 514 g/mol. The van der Waals surface area contributed by atoms with Crippen molar-refractivity contribution in [1.82, 2.24) is 0 Å². The average Bonchev–Trinajstić information content (AvgIpc) is 3.50. The second kappa shape index (κ2) is 8.48. The maximum atomic E-state index is 14.7. The molecule has 6 bridgehead atoms. The molecule has 1 heterocycles. The lowest BCUT2D eigenvalue weighted by Gasteiger charge is -2.55. The van der Waals surface area contributed by atoms with Crippen molar-refractivity contribution in [2.45, 2.75) is 69.2 Å². The molecule has 7 atom stereocenters. The summed E-state index contributed by atoms with van der Waals surface area (Å²) in [5, 5.41) is 11.3. The highest BCUT2D eigenvalue weighted by atomic mass is 19.3. The zero-order valence-corrected chi connectivity index (χ0v) is 21.1. The van der Waals surface area contributed by atoms with Crippen molar-refractivity contribution in [2.75, 3.05) is 0 Å². The van der Waals surface area contributed by atoms with Gasteiger partial charge in [0.25, 0.3) is 0 Å². The third-order valence-electron chi connectivity index (χ3n) is 10.5. The van der Waals surface area contributed by atoms with Crippen LogP contribution in [0.5, 0.6) is 0 Å². The van der Waals surface area contributed by atoms with Gasteiger partial charge in [-0.3, -0.25) is 14.4 Å². The number of rotatable bonds is 7. The van der Waals surface area contributed by atoms with Crippen molar-refractivity contribution in [2.24, 2.45) is 46.8 Å². The third kappa shape index (κ3) is 3.65. The van der Waals surface area contributed by atoms with E-state index < -0.39 is 71.2 Å². The van der Waals surface area contributed by atoms with Gasteiger partial charge in [-0.1, -0.05) is 30.3 Å². The van der Waals surface area contributed by atoms with Gasteiger partial charge in [0.05, 0.1) is 17.3 Å². The molecule has 7 unspecified atom stereocenters. The Balaban J connectivity index is 1.14. The SMILES string of the molecule is O=C1OC2C3CC(C2OC(=O)C24CC5CC(CC(C5)C2)C4)C(C(=O)OC(c2ccccc2)C(F)(F)C(=O)[O-])C13. The van der Waals surface area contributed by atoms with E-state index >= 15 is 0 Å². The lowest BCUT2D eigenvalue weighted by molar-refractivity contribution is -0.337. The second-order valence-corrected chi connectivity index (χ2v) is 12.7. The Morgan fingerprint density at radius 1 is 0.974 bits per heavy atom. The van der Waals surface area contributed by atoms with E-state index in [0.717, 1.165) is 38.5 Å². The largest absolute Gasteiger partial charge is 0.544 e. The molecule has 7 fully saturated rings. The number of halogens is 2. The van der Waals surface area contributed by atoms with Crippen LogP contribution >= 0.6 is 0 Å². The normalized spacial score (nSPS) is 41.8. The monoisotopic (exact) mass is 543 g/mol. The lowest BCUT2D eigenvalue weighted by Crippen LogP contribution is -2.53. The molecule has 0 radical (unpaired) electrons. The Morgan fingerprint density at radius 2 is 1.59 bits per heavy atom. The number of benzene rings is 1. The van der Waals surface area contributed by atoms with Crippen molar-refractivity contribution >= 4 is 23.9 Å². The van der Waals surface area contributed by atoms with Crippen molar-refractivity contribution in [3.05, 3.63) is 35.9 Å². The van der Waals surface area contributed by atoms with Gasteiger partial charge in [-0.2, -0.15) is 8.78 Å². The van der Waals surface area contributed by atoms with Crippen molar-refractivity contribution in [3.63, 3.8) is 0 Å². The molecule has 0 aromatic heterocycles. The summed E-state index contributed by atoms with van der Waals surface area (Å²) in [5.41, 5.74) is -0.774. The van der Waals surface area contributed by atoms with E-state index in [0.29, 0.717) is 24.2 Å². The minimum absolute atomic E-state index is 0.222. The topological polar surface area (TPSA) is 119 Å². The summed E-state index contributed by atoms with van der Waals surface area (Å²) in [5.74, 6) is -10.9. The predicted molar refractivity (Wildman–Crippen MR) is 124 cm³/mol. The summed E-state index contributed by atoms with van der Waals surface area (Å²) in [6.45, 7) is 0. The van der Waals surface area contributed by atoms with Gasteiger partial charge in [-0.05, 0) is 68.3 Å². The highest BCUT2D eigenvalue weighted by Crippen LogP contribution is 2.63. The maximum absolute atomic E-state index is 14.7. The Hall–Kier alpha value is -3.04. The summed E-state index contributed by atoms with van der Waals surface area (Å²) in [7, 11) is 0. The van der Waals surface area contributed by atoms with E-state index in [1.54, 1.807) is 6.07 Å². The Morgan fingerprint density at radius 3 is 2.18 bits per heavy atom. The minimum atomic E-state index is -4.52. The summed E-state index contributed by atoms with van der Waals surface area (Å²) < 4.78 is 46.3. The van der Waals surface area contributed by atoms with Gasteiger partial charge in [0.2, 0.25) is 0 Å². The Kier molecular flexibility index (Phi) is 5.43. The fraction of sp³-hybridized carbons (Fsp3) is 0.655. The number of aliphatic carboxylic acids is 1. The first-order chi connectivity index (χ1) is 18.6. The summed E-state index contributed by atoms with van der Waals surface area (Å²) in [6, 6.07) is 6.83. The van der Waals surface area contributed by atoms with Gasteiger partial charge >= 0.3 is 23.8 Å². The fourth-order valence-electron chi connectivity index (χ4n) is 9.36. The number of carbonyl (C=O) groups is 4.